The largest absolute Gasteiger partial charge is 0.497 e. The summed E-state index contributed by atoms with van der Waals surface area (Å²) in [6.45, 7) is 8.13. The lowest BCUT2D eigenvalue weighted by molar-refractivity contribution is -0.138. The summed E-state index contributed by atoms with van der Waals surface area (Å²) in [5.74, 6) is 1.36. The van der Waals surface area contributed by atoms with E-state index in [2.05, 4.69) is 18.5 Å². The van der Waals surface area contributed by atoms with Crippen LogP contribution in [-0.2, 0) is 9.53 Å². The van der Waals surface area contributed by atoms with Gasteiger partial charge >= 0.3 is 5.97 Å². The number of nitrogens with zero attached hydrogens (tertiary/aromatic N) is 2. The summed E-state index contributed by atoms with van der Waals surface area (Å²) in [6, 6.07) is 12.1. The van der Waals surface area contributed by atoms with Gasteiger partial charge in [0.25, 0.3) is 5.56 Å². The van der Waals surface area contributed by atoms with Crippen LogP contribution in [0.5, 0.6) is 17.2 Å². The van der Waals surface area contributed by atoms with E-state index in [-0.39, 0.29) is 12.2 Å². The molecule has 0 aliphatic carbocycles. The summed E-state index contributed by atoms with van der Waals surface area (Å²) in [5, 5.41) is 0. The zero-order valence-corrected chi connectivity index (χ0v) is 23.4. The quantitative estimate of drug-likeness (QED) is 0.203. The van der Waals surface area contributed by atoms with E-state index in [0.29, 0.717) is 44.5 Å². The number of allylic oxidation sites excluding steroid dienone is 1. The fourth-order valence-electron chi connectivity index (χ4n) is 4.27. The molecule has 0 bridgehead atoms. The third kappa shape index (κ3) is 5.98. The first-order chi connectivity index (χ1) is 18.9. The van der Waals surface area contributed by atoms with Gasteiger partial charge in [-0.25, -0.2) is 9.79 Å². The molecule has 204 valence electrons. The van der Waals surface area contributed by atoms with E-state index in [4.69, 9.17) is 18.9 Å². The average Bonchev–Trinajstić information content (AvgIpc) is 3.25. The van der Waals surface area contributed by atoms with Crippen LogP contribution in [0.25, 0.3) is 6.08 Å². The van der Waals surface area contributed by atoms with Crippen LogP contribution < -0.4 is 29.1 Å². The molecule has 0 fully saturated rings. The van der Waals surface area contributed by atoms with Crippen LogP contribution in [-0.4, -0.2) is 38.0 Å². The van der Waals surface area contributed by atoms with E-state index in [0.717, 1.165) is 24.0 Å². The van der Waals surface area contributed by atoms with Gasteiger partial charge in [-0.2, -0.15) is 0 Å². The Morgan fingerprint density at radius 2 is 1.90 bits per heavy atom. The third-order valence-electron chi connectivity index (χ3n) is 6.25. The first-order valence-electron chi connectivity index (χ1n) is 12.7. The average molecular weight is 549 g/mol. The van der Waals surface area contributed by atoms with Gasteiger partial charge in [0, 0.05) is 0 Å². The van der Waals surface area contributed by atoms with Gasteiger partial charge < -0.3 is 18.9 Å². The van der Waals surface area contributed by atoms with Crippen molar-refractivity contribution in [3.8, 4) is 17.2 Å². The molecule has 1 aromatic heterocycles. The second-order valence-corrected chi connectivity index (χ2v) is 9.86. The molecular weight excluding hydrogens is 516 g/mol. The highest BCUT2D eigenvalue weighted by Gasteiger charge is 2.33. The molecule has 0 saturated carbocycles. The summed E-state index contributed by atoms with van der Waals surface area (Å²) in [7, 11) is 3.17. The molecule has 4 rings (SSSR count). The Morgan fingerprint density at radius 1 is 1.13 bits per heavy atom. The first-order valence-corrected chi connectivity index (χ1v) is 13.5. The summed E-state index contributed by atoms with van der Waals surface area (Å²) in [6.07, 6.45) is 5.28. The zero-order valence-electron chi connectivity index (χ0n) is 22.6. The molecule has 39 heavy (non-hydrogen) atoms. The number of carbonyl (C=O) groups is 1. The maximum Gasteiger partial charge on any atom is 0.338 e. The lowest BCUT2D eigenvalue weighted by Gasteiger charge is -2.24. The van der Waals surface area contributed by atoms with Crippen molar-refractivity contribution in [2.24, 2.45) is 4.99 Å². The molecule has 2 heterocycles. The van der Waals surface area contributed by atoms with E-state index in [1.54, 1.807) is 43.9 Å². The van der Waals surface area contributed by atoms with Gasteiger partial charge in [0.05, 0.1) is 42.7 Å². The van der Waals surface area contributed by atoms with Crippen molar-refractivity contribution in [3.63, 3.8) is 0 Å². The normalized spacial score (nSPS) is 14.9. The van der Waals surface area contributed by atoms with Crippen LogP contribution >= 0.6 is 11.3 Å². The lowest BCUT2D eigenvalue weighted by atomic mass is 9.96. The number of aromatic nitrogens is 1. The van der Waals surface area contributed by atoms with Crippen LogP contribution in [0.1, 0.15) is 43.9 Å². The summed E-state index contributed by atoms with van der Waals surface area (Å²) in [4.78, 5) is 32.1. The summed E-state index contributed by atoms with van der Waals surface area (Å²) in [5.41, 5.74) is 2.05. The Balaban J connectivity index is 1.82. The molecule has 0 N–H and O–H groups in total. The van der Waals surface area contributed by atoms with Crippen molar-refractivity contribution < 1.29 is 23.7 Å². The summed E-state index contributed by atoms with van der Waals surface area (Å²) >= 11 is 1.26. The van der Waals surface area contributed by atoms with Gasteiger partial charge in [-0.1, -0.05) is 55.5 Å². The van der Waals surface area contributed by atoms with E-state index >= 15 is 0 Å². The number of hydrogen-bond donors (Lipinski definition) is 0. The van der Waals surface area contributed by atoms with Gasteiger partial charge in [0.1, 0.15) is 12.4 Å². The second-order valence-electron chi connectivity index (χ2n) is 8.85. The van der Waals surface area contributed by atoms with Gasteiger partial charge in [-0.05, 0) is 54.8 Å². The number of carbonyl (C=O) groups excluding carboxylic acids is 1. The van der Waals surface area contributed by atoms with Crippen LogP contribution in [0.3, 0.4) is 0 Å². The van der Waals surface area contributed by atoms with Gasteiger partial charge in [-0.3, -0.25) is 9.36 Å². The Kier molecular flexibility index (Phi) is 9.03. The zero-order chi connectivity index (χ0) is 27.9. The molecule has 0 saturated heterocycles. The predicted molar refractivity (Wildman–Crippen MR) is 151 cm³/mol. The molecule has 0 spiro atoms. The number of fused-ring (bicyclic) bond motifs is 1. The second kappa shape index (κ2) is 12.6. The highest BCUT2D eigenvalue weighted by molar-refractivity contribution is 7.07. The fraction of sp³-hybridized carbons (Fsp3) is 0.300. The maximum atomic E-state index is 13.8. The topological polar surface area (TPSA) is 88.4 Å². The molecule has 9 heteroatoms. The Morgan fingerprint density at radius 3 is 2.56 bits per heavy atom. The summed E-state index contributed by atoms with van der Waals surface area (Å²) < 4.78 is 24.1. The Bertz CT molecular complexity index is 1570. The molecular formula is C30H32N2O6S. The molecule has 1 unspecified atom stereocenters. The highest BCUT2D eigenvalue weighted by atomic mass is 32.1. The molecule has 0 radical (unpaired) electrons. The van der Waals surface area contributed by atoms with Gasteiger partial charge in [0.2, 0.25) is 0 Å². The molecule has 1 atom stereocenters. The molecule has 1 aliphatic heterocycles. The lowest BCUT2D eigenvalue weighted by Crippen LogP contribution is -2.39. The third-order valence-corrected chi connectivity index (χ3v) is 7.23. The minimum absolute atomic E-state index is 0.0509. The van der Waals surface area contributed by atoms with Crippen LogP contribution in [0.4, 0.5) is 0 Å². The number of rotatable bonds is 11. The van der Waals surface area contributed by atoms with Crippen molar-refractivity contribution in [3.05, 3.63) is 97.2 Å². The van der Waals surface area contributed by atoms with Gasteiger partial charge in [0.15, 0.2) is 16.3 Å². The van der Waals surface area contributed by atoms with Crippen LogP contribution in [0, 0.1) is 0 Å². The van der Waals surface area contributed by atoms with Crippen molar-refractivity contribution in [2.45, 2.75) is 32.7 Å². The minimum Gasteiger partial charge on any atom is -0.497 e. The first kappa shape index (κ1) is 27.9. The number of esters is 1. The van der Waals surface area contributed by atoms with E-state index < -0.39 is 12.0 Å². The van der Waals surface area contributed by atoms with Crippen molar-refractivity contribution in [2.75, 3.05) is 27.4 Å². The molecule has 8 nitrogen and oxygen atoms in total. The number of benzene rings is 2. The number of thiazole rings is 1. The molecule has 2 aromatic carbocycles. The fourth-order valence-corrected chi connectivity index (χ4v) is 5.31. The number of ether oxygens (including phenoxy) is 4. The van der Waals surface area contributed by atoms with E-state index in [1.165, 1.54) is 17.4 Å². The number of unbranched alkanes of at least 4 members (excludes halogenated alkanes) is 1. The SMILES string of the molecule is C=CCOC(=O)C1=C(C)N=c2sc(=Cc3ccc(OCCCC)c(OC)c3)c(=O)n2C1c1ccc(OC)cc1. The van der Waals surface area contributed by atoms with E-state index in [9.17, 15) is 9.59 Å². The van der Waals surface area contributed by atoms with E-state index in [1.807, 2.05) is 30.3 Å². The molecule has 3 aromatic rings. The number of methoxy groups -OCH3 is 2. The number of hydrogen-bond acceptors (Lipinski definition) is 8. The highest BCUT2D eigenvalue weighted by Crippen LogP contribution is 2.32. The Hall–Kier alpha value is -4.11. The molecule has 1 aliphatic rings. The van der Waals surface area contributed by atoms with Crippen molar-refractivity contribution in [1.29, 1.82) is 0 Å². The van der Waals surface area contributed by atoms with Gasteiger partial charge in [-0.15, -0.1) is 0 Å². The predicted octanol–water partition coefficient (Wildman–Crippen LogP) is 4.16. The van der Waals surface area contributed by atoms with Crippen molar-refractivity contribution in [1.82, 2.24) is 4.57 Å². The monoisotopic (exact) mass is 548 g/mol. The van der Waals surface area contributed by atoms with Crippen LogP contribution in [0.2, 0.25) is 0 Å². The van der Waals surface area contributed by atoms with Crippen LogP contribution in [0.15, 0.2) is 76.2 Å². The smallest absolute Gasteiger partial charge is 0.338 e. The maximum absolute atomic E-state index is 13.8. The Labute approximate surface area is 231 Å². The van der Waals surface area contributed by atoms with Crippen molar-refractivity contribution >= 4 is 23.4 Å². The standard InChI is InChI=1S/C30H32N2O6S/c1-6-8-16-37-23-14-9-20(17-24(23)36-5)18-25-28(33)32-27(21-10-12-22(35-4)13-11-21)26(29(34)38-15-7-2)19(3)31-30(32)39-25/h7,9-14,17-18,27H,2,6,8,15-16H2,1,3-5H3. The molecule has 0 amide bonds. The minimum atomic E-state index is -0.713.